The van der Waals surface area contributed by atoms with Crippen LogP contribution in [0.25, 0.3) is 16.7 Å². The lowest BCUT2D eigenvalue weighted by Crippen LogP contribution is -2.13. The minimum absolute atomic E-state index is 0.127. The minimum atomic E-state index is -0.127. The molecule has 0 aliphatic heterocycles. The van der Waals surface area contributed by atoms with E-state index in [0.29, 0.717) is 28.5 Å². The van der Waals surface area contributed by atoms with Crippen LogP contribution < -0.4 is 10.3 Å². The van der Waals surface area contributed by atoms with E-state index in [9.17, 15) is 4.79 Å². The first-order valence-corrected chi connectivity index (χ1v) is 8.21. The van der Waals surface area contributed by atoms with Crippen LogP contribution in [0.2, 0.25) is 0 Å². The first kappa shape index (κ1) is 14.2. The zero-order chi connectivity index (χ0) is 16.0. The lowest BCUT2D eigenvalue weighted by atomic mass is 10.3. The number of ether oxygens (including phenoxy) is 1. The van der Waals surface area contributed by atoms with Crippen molar-refractivity contribution in [2.75, 3.05) is 6.61 Å². The molecule has 6 nitrogen and oxygen atoms in total. The standard InChI is InChI=1S/C17H20N4O2/c1-3-4-13-18-10(2)15-17(22)19-12-7-8-14(20-16(12)21(13)15)23-9-11-5-6-11/h7-8,11H,3-6,9H2,1-2H3,(H,19,22). The average Bonchev–Trinajstić information content (AvgIpc) is 3.30. The van der Waals surface area contributed by atoms with E-state index in [1.54, 1.807) is 0 Å². The molecule has 0 bridgehead atoms. The van der Waals surface area contributed by atoms with Crippen molar-refractivity contribution in [3.8, 4) is 5.88 Å². The monoisotopic (exact) mass is 312 g/mol. The van der Waals surface area contributed by atoms with Crippen LogP contribution in [0, 0.1) is 12.8 Å². The summed E-state index contributed by atoms with van der Waals surface area (Å²) < 4.78 is 7.67. The lowest BCUT2D eigenvalue weighted by Gasteiger charge is -2.08. The van der Waals surface area contributed by atoms with Crippen molar-refractivity contribution in [3.05, 3.63) is 34.0 Å². The summed E-state index contributed by atoms with van der Waals surface area (Å²) in [5.41, 5.74) is 2.60. The number of nitrogens with zero attached hydrogens (tertiary/aromatic N) is 3. The van der Waals surface area contributed by atoms with Crippen molar-refractivity contribution in [1.29, 1.82) is 0 Å². The molecule has 3 aromatic heterocycles. The second kappa shape index (κ2) is 5.37. The van der Waals surface area contributed by atoms with Crippen LogP contribution in [0.4, 0.5) is 0 Å². The number of aromatic amines is 1. The van der Waals surface area contributed by atoms with Gasteiger partial charge in [0.05, 0.1) is 17.8 Å². The Bertz CT molecular complexity index is 937. The van der Waals surface area contributed by atoms with E-state index in [-0.39, 0.29) is 5.56 Å². The number of nitrogens with one attached hydrogen (secondary N) is 1. The molecular formula is C17H20N4O2. The summed E-state index contributed by atoms with van der Waals surface area (Å²) in [4.78, 5) is 24.5. The summed E-state index contributed by atoms with van der Waals surface area (Å²) in [7, 11) is 0. The van der Waals surface area contributed by atoms with Crippen LogP contribution in [0.5, 0.6) is 5.88 Å². The van der Waals surface area contributed by atoms with Crippen LogP contribution in [-0.2, 0) is 6.42 Å². The van der Waals surface area contributed by atoms with Gasteiger partial charge >= 0.3 is 0 Å². The van der Waals surface area contributed by atoms with E-state index in [1.807, 2.05) is 23.5 Å². The summed E-state index contributed by atoms with van der Waals surface area (Å²) in [6, 6.07) is 3.67. The van der Waals surface area contributed by atoms with Crippen LogP contribution in [-0.4, -0.2) is 26.0 Å². The minimum Gasteiger partial charge on any atom is -0.477 e. The fourth-order valence-electron chi connectivity index (χ4n) is 2.92. The molecule has 1 aliphatic carbocycles. The summed E-state index contributed by atoms with van der Waals surface area (Å²) in [6.07, 6.45) is 4.26. The normalized spacial score (nSPS) is 14.7. The third-order valence-corrected chi connectivity index (χ3v) is 4.28. The van der Waals surface area contributed by atoms with Gasteiger partial charge in [-0.1, -0.05) is 6.92 Å². The lowest BCUT2D eigenvalue weighted by molar-refractivity contribution is 0.289. The molecule has 120 valence electrons. The third-order valence-electron chi connectivity index (χ3n) is 4.28. The molecule has 0 atom stereocenters. The van der Waals surface area contributed by atoms with Gasteiger partial charge in [-0.25, -0.2) is 4.98 Å². The summed E-state index contributed by atoms with van der Waals surface area (Å²) in [5, 5.41) is 0. The molecule has 23 heavy (non-hydrogen) atoms. The molecule has 1 aliphatic rings. The molecule has 0 radical (unpaired) electrons. The Kier molecular flexibility index (Phi) is 3.32. The zero-order valence-corrected chi connectivity index (χ0v) is 13.4. The van der Waals surface area contributed by atoms with Crippen LogP contribution in [0.3, 0.4) is 0 Å². The molecule has 6 heteroatoms. The van der Waals surface area contributed by atoms with Crippen LogP contribution in [0.1, 0.15) is 37.7 Å². The highest BCUT2D eigenvalue weighted by Gasteiger charge is 2.22. The van der Waals surface area contributed by atoms with E-state index in [4.69, 9.17) is 4.74 Å². The van der Waals surface area contributed by atoms with Gasteiger partial charge in [0.15, 0.2) is 5.65 Å². The van der Waals surface area contributed by atoms with Gasteiger partial charge in [-0.3, -0.25) is 9.20 Å². The Morgan fingerprint density at radius 2 is 2.17 bits per heavy atom. The second-order valence-electron chi connectivity index (χ2n) is 6.28. The number of rotatable bonds is 5. The molecule has 1 saturated carbocycles. The Labute approximate surface area is 133 Å². The Hall–Kier alpha value is -2.37. The highest BCUT2D eigenvalue weighted by Crippen LogP contribution is 2.29. The zero-order valence-electron chi connectivity index (χ0n) is 13.4. The van der Waals surface area contributed by atoms with Gasteiger partial charge in [0.25, 0.3) is 5.56 Å². The maximum atomic E-state index is 12.4. The predicted molar refractivity (Wildman–Crippen MR) is 88.1 cm³/mol. The second-order valence-corrected chi connectivity index (χ2v) is 6.28. The number of pyridine rings is 1. The largest absolute Gasteiger partial charge is 0.477 e. The van der Waals surface area contributed by atoms with E-state index >= 15 is 0 Å². The molecule has 1 N–H and O–H groups in total. The van der Waals surface area contributed by atoms with Crippen LogP contribution >= 0.6 is 0 Å². The van der Waals surface area contributed by atoms with Gasteiger partial charge in [-0.05, 0) is 38.2 Å². The molecule has 0 amide bonds. The number of fused-ring (bicyclic) bond motifs is 3. The van der Waals surface area contributed by atoms with Gasteiger partial charge in [0.1, 0.15) is 11.3 Å². The maximum absolute atomic E-state index is 12.4. The number of aryl methyl sites for hydroxylation is 2. The van der Waals surface area contributed by atoms with Gasteiger partial charge in [0.2, 0.25) is 5.88 Å². The van der Waals surface area contributed by atoms with E-state index in [0.717, 1.165) is 31.0 Å². The molecule has 0 unspecified atom stereocenters. The van der Waals surface area contributed by atoms with Crippen molar-refractivity contribution < 1.29 is 4.74 Å². The SMILES string of the molecule is CCCc1nc(C)c2c(=O)[nH]c3ccc(OCC4CC4)nc3n12. The van der Waals surface area contributed by atoms with E-state index < -0.39 is 0 Å². The van der Waals surface area contributed by atoms with Crippen molar-refractivity contribution in [3.63, 3.8) is 0 Å². The molecule has 0 aromatic carbocycles. The maximum Gasteiger partial charge on any atom is 0.274 e. The number of imidazole rings is 1. The van der Waals surface area contributed by atoms with Gasteiger partial charge in [-0.15, -0.1) is 0 Å². The van der Waals surface area contributed by atoms with Crippen LogP contribution in [0.15, 0.2) is 16.9 Å². The van der Waals surface area contributed by atoms with Gasteiger partial charge in [-0.2, -0.15) is 4.98 Å². The Balaban J connectivity index is 1.92. The molecular weight excluding hydrogens is 292 g/mol. The Morgan fingerprint density at radius 1 is 1.35 bits per heavy atom. The Morgan fingerprint density at radius 3 is 2.91 bits per heavy atom. The fraction of sp³-hybridized carbons (Fsp3) is 0.471. The smallest absolute Gasteiger partial charge is 0.274 e. The molecule has 0 saturated heterocycles. The number of aromatic nitrogens is 4. The van der Waals surface area contributed by atoms with Gasteiger partial charge < -0.3 is 9.72 Å². The van der Waals surface area contributed by atoms with E-state index in [2.05, 4.69) is 21.9 Å². The quantitative estimate of drug-likeness (QED) is 0.786. The van der Waals surface area contributed by atoms with Crippen molar-refractivity contribution >= 4 is 16.7 Å². The number of H-pyrrole nitrogens is 1. The molecule has 1 fully saturated rings. The van der Waals surface area contributed by atoms with Crippen molar-refractivity contribution in [2.45, 2.75) is 39.5 Å². The topological polar surface area (TPSA) is 72.3 Å². The molecule has 3 aromatic rings. The fourth-order valence-corrected chi connectivity index (χ4v) is 2.92. The molecule has 4 rings (SSSR count). The molecule has 3 heterocycles. The first-order chi connectivity index (χ1) is 11.2. The first-order valence-electron chi connectivity index (χ1n) is 8.21. The predicted octanol–water partition coefficient (Wildman–Crippen LogP) is 2.62. The third kappa shape index (κ3) is 2.48. The summed E-state index contributed by atoms with van der Waals surface area (Å²) >= 11 is 0. The molecule has 0 spiro atoms. The average molecular weight is 312 g/mol. The summed E-state index contributed by atoms with van der Waals surface area (Å²) in [5.74, 6) is 2.16. The van der Waals surface area contributed by atoms with Crippen molar-refractivity contribution in [1.82, 2.24) is 19.4 Å². The van der Waals surface area contributed by atoms with Crippen molar-refractivity contribution in [2.24, 2.45) is 5.92 Å². The number of hydrogen-bond donors (Lipinski definition) is 1. The highest BCUT2D eigenvalue weighted by molar-refractivity contribution is 5.75. The summed E-state index contributed by atoms with van der Waals surface area (Å²) in [6.45, 7) is 4.68. The van der Waals surface area contributed by atoms with E-state index in [1.165, 1.54) is 12.8 Å². The number of hydrogen-bond acceptors (Lipinski definition) is 4. The highest BCUT2D eigenvalue weighted by atomic mass is 16.5. The van der Waals surface area contributed by atoms with Gasteiger partial charge in [0, 0.05) is 12.5 Å².